The van der Waals surface area contributed by atoms with E-state index in [0.29, 0.717) is 23.3 Å². The Labute approximate surface area is 142 Å². The van der Waals surface area contributed by atoms with Crippen molar-refractivity contribution in [3.05, 3.63) is 51.5 Å². The number of rotatable bonds is 4. The first-order valence-electron chi connectivity index (χ1n) is 6.95. The minimum atomic E-state index is -0.340. The van der Waals surface area contributed by atoms with Gasteiger partial charge < -0.3 is 14.8 Å². The minimum Gasteiger partial charge on any atom is -0.478 e. The first kappa shape index (κ1) is 15.4. The van der Waals surface area contributed by atoms with Crippen molar-refractivity contribution < 1.29 is 14.3 Å². The van der Waals surface area contributed by atoms with E-state index in [0.717, 1.165) is 21.3 Å². The summed E-state index contributed by atoms with van der Waals surface area (Å²) in [5.41, 5.74) is 3.18. The smallest absolute Gasteiger partial charge is 0.196 e. The summed E-state index contributed by atoms with van der Waals surface area (Å²) in [6.07, 6.45) is 0.361. The minimum absolute atomic E-state index is 0.124. The molecule has 0 fully saturated rings. The van der Waals surface area contributed by atoms with Crippen molar-refractivity contribution in [2.75, 3.05) is 11.9 Å². The van der Waals surface area contributed by atoms with Gasteiger partial charge in [-0.3, -0.25) is 4.79 Å². The van der Waals surface area contributed by atoms with E-state index < -0.39 is 0 Å². The zero-order valence-corrected chi connectivity index (χ0v) is 13.9. The SMILES string of the molecule is Cc1c(Br)cccc1C1Nc2cc(C=O)c(OCC#N)cc2O1. The molecule has 1 heterocycles. The van der Waals surface area contributed by atoms with E-state index in [1.807, 2.05) is 31.2 Å². The topological polar surface area (TPSA) is 71.3 Å². The lowest BCUT2D eigenvalue weighted by molar-refractivity contribution is 0.112. The van der Waals surface area contributed by atoms with Gasteiger partial charge in [0.2, 0.25) is 0 Å². The van der Waals surface area contributed by atoms with Gasteiger partial charge in [0, 0.05) is 16.1 Å². The number of halogens is 1. The molecule has 23 heavy (non-hydrogen) atoms. The molecule has 1 unspecified atom stereocenters. The number of hydrogen-bond donors (Lipinski definition) is 1. The van der Waals surface area contributed by atoms with Crippen LogP contribution in [-0.2, 0) is 0 Å². The van der Waals surface area contributed by atoms with E-state index in [1.165, 1.54) is 0 Å². The molecule has 1 atom stereocenters. The summed E-state index contributed by atoms with van der Waals surface area (Å²) < 4.78 is 12.2. The van der Waals surface area contributed by atoms with Gasteiger partial charge >= 0.3 is 0 Å². The van der Waals surface area contributed by atoms with Crippen LogP contribution in [0.5, 0.6) is 11.5 Å². The summed E-state index contributed by atoms with van der Waals surface area (Å²) in [7, 11) is 0. The summed E-state index contributed by atoms with van der Waals surface area (Å²) in [4.78, 5) is 11.2. The number of benzene rings is 2. The number of carbonyl (C=O) groups is 1. The summed E-state index contributed by atoms with van der Waals surface area (Å²) in [5, 5.41) is 11.9. The maximum absolute atomic E-state index is 11.2. The van der Waals surface area contributed by atoms with Crippen LogP contribution in [0.1, 0.15) is 27.7 Å². The number of aldehydes is 1. The summed E-state index contributed by atoms with van der Waals surface area (Å²) in [6, 6.07) is 11.1. The van der Waals surface area contributed by atoms with Crippen LogP contribution in [0.15, 0.2) is 34.8 Å². The molecule has 1 aliphatic rings. The second-order valence-electron chi connectivity index (χ2n) is 5.05. The molecule has 2 aromatic carbocycles. The third-order valence-electron chi connectivity index (χ3n) is 3.65. The highest BCUT2D eigenvalue weighted by atomic mass is 79.9. The van der Waals surface area contributed by atoms with Gasteiger partial charge in [-0.05, 0) is 24.6 Å². The summed E-state index contributed by atoms with van der Waals surface area (Å²) >= 11 is 3.51. The number of hydrogen-bond acceptors (Lipinski definition) is 5. The van der Waals surface area contributed by atoms with Crippen molar-refractivity contribution in [3.63, 3.8) is 0 Å². The second kappa shape index (κ2) is 6.31. The van der Waals surface area contributed by atoms with Crippen molar-refractivity contribution in [3.8, 4) is 17.6 Å². The molecule has 0 aromatic heterocycles. The van der Waals surface area contributed by atoms with E-state index >= 15 is 0 Å². The number of carbonyl (C=O) groups excluding carboxylic acids is 1. The molecule has 0 radical (unpaired) electrons. The van der Waals surface area contributed by atoms with Crippen molar-refractivity contribution in [2.24, 2.45) is 0 Å². The molecule has 0 spiro atoms. The zero-order valence-electron chi connectivity index (χ0n) is 12.3. The van der Waals surface area contributed by atoms with Crippen LogP contribution in [0.4, 0.5) is 5.69 Å². The van der Waals surface area contributed by atoms with Crippen LogP contribution in [0.3, 0.4) is 0 Å². The average Bonchev–Trinajstić information content (AvgIpc) is 2.96. The van der Waals surface area contributed by atoms with Crippen molar-refractivity contribution in [2.45, 2.75) is 13.2 Å². The lowest BCUT2D eigenvalue weighted by atomic mass is 10.1. The van der Waals surface area contributed by atoms with Gasteiger partial charge in [-0.25, -0.2) is 0 Å². The molecule has 116 valence electrons. The molecule has 0 saturated carbocycles. The number of nitriles is 1. The van der Waals surface area contributed by atoms with E-state index in [2.05, 4.69) is 21.2 Å². The predicted molar refractivity (Wildman–Crippen MR) is 88.8 cm³/mol. The van der Waals surface area contributed by atoms with Gasteiger partial charge in [-0.15, -0.1) is 0 Å². The Kier molecular flexibility index (Phi) is 4.22. The normalized spacial score (nSPS) is 15.1. The maximum Gasteiger partial charge on any atom is 0.196 e. The third-order valence-corrected chi connectivity index (χ3v) is 4.51. The first-order valence-corrected chi connectivity index (χ1v) is 7.74. The Balaban J connectivity index is 1.93. The molecule has 1 aliphatic heterocycles. The predicted octanol–water partition coefficient (Wildman–Crippen LogP) is 3.98. The Hall–Kier alpha value is -2.52. The first-order chi connectivity index (χ1) is 11.1. The molecule has 1 N–H and O–H groups in total. The second-order valence-corrected chi connectivity index (χ2v) is 5.90. The average molecular weight is 373 g/mol. The van der Waals surface area contributed by atoms with Crippen LogP contribution in [0.2, 0.25) is 0 Å². The third kappa shape index (κ3) is 2.88. The van der Waals surface area contributed by atoms with Gasteiger partial charge in [0.05, 0.1) is 11.3 Å². The molecule has 0 aliphatic carbocycles. The Morgan fingerprint density at radius 2 is 2.30 bits per heavy atom. The van der Waals surface area contributed by atoms with Crippen molar-refractivity contribution in [1.29, 1.82) is 5.26 Å². The molecule has 0 amide bonds. The number of fused-ring (bicyclic) bond motifs is 1. The monoisotopic (exact) mass is 372 g/mol. The number of ether oxygens (including phenoxy) is 2. The van der Waals surface area contributed by atoms with Crippen LogP contribution in [-0.4, -0.2) is 12.9 Å². The molecule has 6 heteroatoms. The van der Waals surface area contributed by atoms with Gasteiger partial charge in [0.15, 0.2) is 19.1 Å². The summed E-state index contributed by atoms with van der Waals surface area (Å²) in [6.45, 7) is 1.88. The number of nitrogens with one attached hydrogen (secondary N) is 1. The fourth-order valence-electron chi connectivity index (χ4n) is 2.46. The Morgan fingerprint density at radius 1 is 1.48 bits per heavy atom. The summed E-state index contributed by atoms with van der Waals surface area (Å²) in [5.74, 6) is 0.932. The fraction of sp³-hybridized carbons (Fsp3) is 0.176. The molecule has 0 bridgehead atoms. The highest BCUT2D eigenvalue weighted by molar-refractivity contribution is 9.10. The number of anilines is 1. The van der Waals surface area contributed by atoms with Gasteiger partial charge in [0.25, 0.3) is 0 Å². The van der Waals surface area contributed by atoms with Gasteiger partial charge in [0.1, 0.15) is 17.6 Å². The van der Waals surface area contributed by atoms with E-state index in [-0.39, 0.29) is 12.8 Å². The van der Waals surface area contributed by atoms with Crippen molar-refractivity contribution in [1.82, 2.24) is 0 Å². The van der Waals surface area contributed by atoms with Crippen LogP contribution in [0.25, 0.3) is 0 Å². The van der Waals surface area contributed by atoms with Crippen LogP contribution >= 0.6 is 15.9 Å². The fourth-order valence-corrected chi connectivity index (χ4v) is 2.84. The van der Waals surface area contributed by atoms with E-state index in [1.54, 1.807) is 12.1 Å². The standard InChI is InChI=1S/C17H13BrN2O3/c1-10-12(3-2-4-13(10)18)17-20-14-7-11(9-21)15(22-6-5-19)8-16(14)23-17/h2-4,7-9,17,20H,6H2,1H3. The highest BCUT2D eigenvalue weighted by Crippen LogP contribution is 2.42. The molecular formula is C17H13BrN2O3. The zero-order chi connectivity index (χ0) is 16.4. The molecule has 0 saturated heterocycles. The molecular weight excluding hydrogens is 360 g/mol. The molecule has 3 rings (SSSR count). The Bertz CT molecular complexity index is 814. The Morgan fingerprint density at radius 3 is 3.04 bits per heavy atom. The van der Waals surface area contributed by atoms with Crippen LogP contribution in [0, 0.1) is 18.3 Å². The maximum atomic E-state index is 11.2. The van der Waals surface area contributed by atoms with Crippen LogP contribution < -0.4 is 14.8 Å². The highest BCUT2D eigenvalue weighted by Gasteiger charge is 2.27. The van der Waals surface area contributed by atoms with Gasteiger partial charge in [-0.1, -0.05) is 28.1 Å². The quantitative estimate of drug-likeness (QED) is 0.821. The molecule has 5 nitrogen and oxygen atoms in total. The molecule has 2 aromatic rings. The van der Waals surface area contributed by atoms with E-state index in [9.17, 15) is 4.79 Å². The lowest BCUT2D eigenvalue weighted by Gasteiger charge is -2.15. The van der Waals surface area contributed by atoms with Crippen molar-refractivity contribution >= 4 is 27.9 Å². The number of nitrogens with zero attached hydrogens (tertiary/aromatic N) is 1. The van der Waals surface area contributed by atoms with E-state index in [4.69, 9.17) is 14.7 Å². The van der Waals surface area contributed by atoms with Gasteiger partial charge in [-0.2, -0.15) is 5.26 Å². The largest absolute Gasteiger partial charge is 0.478 e. The lowest BCUT2D eigenvalue weighted by Crippen LogP contribution is -2.11.